The van der Waals surface area contributed by atoms with Gasteiger partial charge >= 0.3 is 0 Å². The molecule has 0 saturated carbocycles. The second kappa shape index (κ2) is 6.58. The van der Waals surface area contributed by atoms with Gasteiger partial charge in [0.05, 0.1) is 11.6 Å². The monoisotopic (exact) mass is 252 g/mol. The summed E-state index contributed by atoms with van der Waals surface area (Å²) in [5.41, 5.74) is 8.41. The van der Waals surface area contributed by atoms with Crippen molar-refractivity contribution in [1.29, 1.82) is 5.26 Å². The third-order valence-electron chi connectivity index (χ3n) is 2.86. The Balaban J connectivity index is 2.03. The average Bonchev–Trinajstić information content (AvgIpc) is 2.47. The van der Waals surface area contributed by atoms with E-state index in [1.54, 1.807) is 12.1 Å². The molecular formula is C16H16N2O. The van der Waals surface area contributed by atoms with E-state index < -0.39 is 0 Å². The molecule has 0 spiro atoms. The molecule has 0 aliphatic heterocycles. The third kappa shape index (κ3) is 3.57. The molecule has 96 valence electrons. The van der Waals surface area contributed by atoms with Gasteiger partial charge in [0, 0.05) is 0 Å². The van der Waals surface area contributed by atoms with Crippen molar-refractivity contribution in [1.82, 2.24) is 0 Å². The highest BCUT2D eigenvalue weighted by Gasteiger charge is 2.02. The number of nitriles is 1. The topological polar surface area (TPSA) is 59.0 Å². The summed E-state index contributed by atoms with van der Waals surface area (Å²) in [5.74, 6) is 0.873. The van der Waals surface area contributed by atoms with Gasteiger partial charge in [0.15, 0.2) is 0 Å². The number of rotatable bonds is 5. The van der Waals surface area contributed by atoms with E-state index in [0.29, 0.717) is 18.7 Å². The van der Waals surface area contributed by atoms with E-state index in [2.05, 4.69) is 6.07 Å². The standard InChI is InChI=1S/C16H16N2O/c17-10-9-15-3-1-2-4-16(15)19-12-14-7-5-13(11-18)6-8-14/h1-8H,9-10,12,17H2. The molecule has 2 aromatic carbocycles. The Labute approximate surface area is 113 Å². The van der Waals surface area contributed by atoms with Crippen LogP contribution in [0.4, 0.5) is 0 Å². The molecule has 2 rings (SSSR count). The van der Waals surface area contributed by atoms with E-state index in [1.807, 2.05) is 36.4 Å². The van der Waals surface area contributed by atoms with Crippen LogP contribution in [0.1, 0.15) is 16.7 Å². The van der Waals surface area contributed by atoms with Gasteiger partial charge in [-0.05, 0) is 42.3 Å². The van der Waals surface area contributed by atoms with Gasteiger partial charge in [-0.25, -0.2) is 0 Å². The number of benzene rings is 2. The van der Waals surface area contributed by atoms with Crippen molar-refractivity contribution in [3.05, 3.63) is 65.2 Å². The predicted molar refractivity (Wildman–Crippen MR) is 74.7 cm³/mol. The van der Waals surface area contributed by atoms with Crippen molar-refractivity contribution in [3.63, 3.8) is 0 Å². The summed E-state index contributed by atoms with van der Waals surface area (Å²) in [5, 5.41) is 8.74. The predicted octanol–water partition coefficient (Wildman–Crippen LogP) is 2.64. The van der Waals surface area contributed by atoms with Crippen molar-refractivity contribution in [2.75, 3.05) is 6.54 Å². The van der Waals surface area contributed by atoms with Crippen molar-refractivity contribution in [2.24, 2.45) is 5.73 Å². The lowest BCUT2D eigenvalue weighted by Gasteiger charge is -2.10. The van der Waals surface area contributed by atoms with Crippen LogP contribution >= 0.6 is 0 Å². The number of hydrogen-bond donors (Lipinski definition) is 1. The maximum Gasteiger partial charge on any atom is 0.123 e. The normalized spacial score (nSPS) is 9.89. The molecule has 0 aliphatic carbocycles. The second-order valence-electron chi connectivity index (χ2n) is 4.24. The lowest BCUT2D eigenvalue weighted by atomic mass is 10.1. The molecule has 0 atom stereocenters. The maximum atomic E-state index is 8.74. The minimum atomic E-state index is 0.493. The quantitative estimate of drug-likeness (QED) is 0.890. The van der Waals surface area contributed by atoms with Crippen LogP contribution in [0.25, 0.3) is 0 Å². The molecule has 0 fully saturated rings. The summed E-state index contributed by atoms with van der Waals surface area (Å²) in [6, 6.07) is 17.4. The zero-order chi connectivity index (χ0) is 13.5. The van der Waals surface area contributed by atoms with Gasteiger partial charge in [-0.15, -0.1) is 0 Å². The lowest BCUT2D eigenvalue weighted by molar-refractivity contribution is 0.303. The smallest absolute Gasteiger partial charge is 0.123 e. The highest BCUT2D eigenvalue weighted by atomic mass is 16.5. The van der Waals surface area contributed by atoms with E-state index in [0.717, 1.165) is 23.3 Å². The van der Waals surface area contributed by atoms with Crippen LogP contribution in [0.3, 0.4) is 0 Å². The van der Waals surface area contributed by atoms with Crippen LogP contribution in [0.5, 0.6) is 5.75 Å². The molecule has 0 aromatic heterocycles. The average molecular weight is 252 g/mol. The van der Waals surface area contributed by atoms with Crippen LogP contribution in [0, 0.1) is 11.3 Å². The van der Waals surface area contributed by atoms with Crippen molar-refractivity contribution >= 4 is 0 Å². The fourth-order valence-electron chi connectivity index (χ4n) is 1.84. The zero-order valence-corrected chi connectivity index (χ0v) is 10.7. The minimum Gasteiger partial charge on any atom is -0.489 e. The van der Waals surface area contributed by atoms with Crippen molar-refractivity contribution in [3.8, 4) is 11.8 Å². The number of nitrogens with two attached hydrogens (primary N) is 1. The molecule has 0 unspecified atom stereocenters. The molecule has 0 saturated heterocycles. The molecule has 0 amide bonds. The van der Waals surface area contributed by atoms with Crippen LogP contribution in [0.2, 0.25) is 0 Å². The van der Waals surface area contributed by atoms with Crippen LogP contribution < -0.4 is 10.5 Å². The molecule has 19 heavy (non-hydrogen) atoms. The SMILES string of the molecule is N#Cc1ccc(COc2ccccc2CCN)cc1. The first-order valence-electron chi connectivity index (χ1n) is 6.23. The fraction of sp³-hybridized carbons (Fsp3) is 0.188. The summed E-state index contributed by atoms with van der Waals surface area (Å²) in [6.07, 6.45) is 0.809. The summed E-state index contributed by atoms with van der Waals surface area (Å²) >= 11 is 0. The summed E-state index contributed by atoms with van der Waals surface area (Å²) < 4.78 is 5.81. The van der Waals surface area contributed by atoms with Gasteiger partial charge in [-0.2, -0.15) is 5.26 Å². The van der Waals surface area contributed by atoms with Gasteiger partial charge in [-0.1, -0.05) is 30.3 Å². The molecule has 2 aromatic rings. The zero-order valence-electron chi connectivity index (χ0n) is 10.7. The molecule has 0 heterocycles. The maximum absolute atomic E-state index is 8.74. The number of para-hydroxylation sites is 1. The van der Waals surface area contributed by atoms with E-state index >= 15 is 0 Å². The largest absolute Gasteiger partial charge is 0.489 e. The Morgan fingerprint density at radius 1 is 1.05 bits per heavy atom. The molecule has 3 heteroatoms. The Kier molecular flexibility index (Phi) is 4.54. The number of nitrogens with zero attached hydrogens (tertiary/aromatic N) is 1. The van der Waals surface area contributed by atoms with Crippen molar-refractivity contribution in [2.45, 2.75) is 13.0 Å². The van der Waals surface area contributed by atoms with E-state index in [1.165, 1.54) is 0 Å². The molecule has 0 aliphatic rings. The van der Waals surface area contributed by atoms with Crippen molar-refractivity contribution < 1.29 is 4.74 Å². The number of ether oxygens (including phenoxy) is 1. The summed E-state index contributed by atoms with van der Waals surface area (Å²) in [6.45, 7) is 1.10. The summed E-state index contributed by atoms with van der Waals surface area (Å²) in [7, 11) is 0. The van der Waals surface area contributed by atoms with E-state index in [9.17, 15) is 0 Å². The van der Waals surface area contributed by atoms with Gasteiger partial charge in [0.1, 0.15) is 12.4 Å². The minimum absolute atomic E-state index is 0.493. The van der Waals surface area contributed by atoms with E-state index in [-0.39, 0.29) is 0 Å². The Morgan fingerprint density at radius 2 is 1.79 bits per heavy atom. The highest BCUT2D eigenvalue weighted by Crippen LogP contribution is 2.19. The Morgan fingerprint density at radius 3 is 2.47 bits per heavy atom. The summed E-state index contributed by atoms with van der Waals surface area (Å²) in [4.78, 5) is 0. The van der Waals surface area contributed by atoms with Gasteiger partial charge in [0.25, 0.3) is 0 Å². The highest BCUT2D eigenvalue weighted by molar-refractivity contribution is 5.35. The fourth-order valence-corrected chi connectivity index (χ4v) is 1.84. The third-order valence-corrected chi connectivity index (χ3v) is 2.86. The van der Waals surface area contributed by atoms with Crippen LogP contribution in [-0.2, 0) is 13.0 Å². The van der Waals surface area contributed by atoms with Gasteiger partial charge < -0.3 is 10.5 Å². The first-order chi connectivity index (χ1) is 9.33. The Hall–Kier alpha value is -2.31. The van der Waals surface area contributed by atoms with Gasteiger partial charge in [0.2, 0.25) is 0 Å². The molecule has 0 radical (unpaired) electrons. The molecule has 2 N–H and O–H groups in total. The Bertz CT molecular complexity index is 570. The molecule has 3 nitrogen and oxygen atoms in total. The first kappa shape index (κ1) is 13.1. The van der Waals surface area contributed by atoms with Crippen LogP contribution in [-0.4, -0.2) is 6.54 Å². The van der Waals surface area contributed by atoms with E-state index in [4.69, 9.17) is 15.7 Å². The lowest BCUT2D eigenvalue weighted by Crippen LogP contribution is -2.05. The number of hydrogen-bond acceptors (Lipinski definition) is 3. The first-order valence-corrected chi connectivity index (χ1v) is 6.23. The van der Waals surface area contributed by atoms with Crippen LogP contribution in [0.15, 0.2) is 48.5 Å². The van der Waals surface area contributed by atoms with Gasteiger partial charge in [-0.3, -0.25) is 0 Å². The molecular weight excluding hydrogens is 236 g/mol. The second-order valence-corrected chi connectivity index (χ2v) is 4.24. The molecule has 0 bridgehead atoms.